The zero-order chi connectivity index (χ0) is 16.1. The SMILES string of the molecule is Cc1cc2c(c(=O)[nH]1)[C@@H](c1cc(Cl)c3c(c1)OCO3)CC(=O)O2. The Bertz CT molecular complexity index is 889. The molecule has 1 aromatic heterocycles. The Morgan fingerprint density at radius 1 is 1.17 bits per heavy atom. The number of rotatable bonds is 1. The number of esters is 1. The van der Waals surface area contributed by atoms with Crippen molar-refractivity contribution < 1.29 is 19.0 Å². The number of ether oxygens (including phenoxy) is 3. The van der Waals surface area contributed by atoms with E-state index in [1.165, 1.54) is 0 Å². The molecular formula is C16H12ClNO5. The predicted molar refractivity (Wildman–Crippen MR) is 81.5 cm³/mol. The topological polar surface area (TPSA) is 77.6 Å². The van der Waals surface area contributed by atoms with Crippen LogP contribution in [0, 0.1) is 6.92 Å². The zero-order valence-electron chi connectivity index (χ0n) is 12.1. The Hall–Kier alpha value is -2.47. The summed E-state index contributed by atoms with van der Waals surface area (Å²) in [6.45, 7) is 1.83. The maximum Gasteiger partial charge on any atom is 0.312 e. The highest BCUT2D eigenvalue weighted by atomic mass is 35.5. The monoisotopic (exact) mass is 333 g/mol. The molecule has 4 rings (SSSR count). The summed E-state index contributed by atoms with van der Waals surface area (Å²) in [5.74, 6) is 0.452. The fourth-order valence-corrected chi connectivity index (χ4v) is 3.26. The van der Waals surface area contributed by atoms with Crippen LogP contribution in [0.3, 0.4) is 0 Å². The molecule has 3 heterocycles. The van der Waals surface area contributed by atoms with Crippen LogP contribution in [-0.4, -0.2) is 17.7 Å². The zero-order valence-corrected chi connectivity index (χ0v) is 12.9. The number of fused-ring (bicyclic) bond motifs is 2. The first-order chi connectivity index (χ1) is 11.0. The first-order valence-electron chi connectivity index (χ1n) is 7.06. The highest BCUT2D eigenvalue weighted by molar-refractivity contribution is 6.32. The lowest BCUT2D eigenvalue weighted by molar-refractivity contribution is -0.135. The van der Waals surface area contributed by atoms with Crippen LogP contribution in [0.2, 0.25) is 5.02 Å². The fraction of sp³-hybridized carbons (Fsp3) is 0.250. The van der Waals surface area contributed by atoms with Crippen molar-refractivity contribution in [3.05, 3.63) is 50.4 Å². The summed E-state index contributed by atoms with van der Waals surface area (Å²) in [6.07, 6.45) is 0.0646. The largest absolute Gasteiger partial charge is 0.454 e. The molecule has 0 amide bonds. The summed E-state index contributed by atoms with van der Waals surface area (Å²) in [6, 6.07) is 5.09. The van der Waals surface area contributed by atoms with E-state index in [-0.39, 0.29) is 24.7 Å². The van der Waals surface area contributed by atoms with Crippen LogP contribution in [0.5, 0.6) is 17.2 Å². The molecule has 118 valence electrons. The van der Waals surface area contributed by atoms with Crippen molar-refractivity contribution in [1.29, 1.82) is 0 Å². The molecule has 0 fully saturated rings. The number of aromatic amines is 1. The molecule has 0 spiro atoms. The smallest absolute Gasteiger partial charge is 0.312 e. The molecule has 0 saturated carbocycles. The third-order valence-corrected chi connectivity index (χ3v) is 4.24. The normalized spacial score (nSPS) is 18.5. The van der Waals surface area contributed by atoms with Crippen LogP contribution in [0.15, 0.2) is 23.0 Å². The van der Waals surface area contributed by atoms with Gasteiger partial charge in [0.15, 0.2) is 11.5 Å². The number of hydrogen-bond donors (Lipinski definition) is 1. The second-order valence-corrected chi connectivity index (χ2v) is 5.93. The third kappa shape index (κ3) is 2.26. The van der Waals surface area contributed by atoms with Gasteiger partial charge in [0, 0.05) is 17.7 Å². The molecule has 0 radical (unpaired) electrons. The second kappa shape index (κ2) is 5.03. The van der Waals surface area contributed by atoms with Crippen LogP contribution < -0.4 is 19.8 Å². The molecule has 0 aliphatic carbocycles. The van der Waals surface area contributed by atoms with Crippen LogP contribution in [0.25, 0.3) is 0 Å². The van der Waals surface area contributed by atoms with E-state index in [1.807, 2.05) is 0 Å². The number of benzene rings is 1. The number of pyridine rings is 1. The Morgan fingerprint density at radius 2 is 2.00 bits per heavy atom. The number of nitrogens with one attached hydrogen (secondary N) is 1. The van der Waals surface area contributed by atoms with Crippen LogP contribution in [0.4, 0.5) is 0 Å². The van der Waals surface area contributed by atoms with Gasteiger partial charge in [0.2, 0.25) is 6.79 Å². The average molecular weight is 334 g/mol. The van der Waals surface area contributed by atoms with Crippen molar-refractivity contribution in [3.8, 4) is 17.2 Å². The van der Waals surface area contributed by atoms with Gasteiger partial charge in [0.25, 0.3) is 5.56 Å². The lowest BCUT2D eigenvalue weighted by Gasteiger charge is -2.24. The van der Waals surface area contributed by atoms with E-state index in [9.17, 15) is 9.59 Å². The maximum atomic E-state index is 12.4. The van der Waals surface area contributed by atoms with E-state index in [0.717, 1.165) is 0 Å². The van der Waals surface area contributed by atoms with Gasteiger partial charge in [-0.1, -0.05) is 11.6 Å². The van der Waals surface area contributed by atoms with Crippen molar-refractivity contribution in [2.75, 3.05) is 6.79 Å². The van der Waals surface area contributed by atoms with Gasteiger partial charge >= 0.3 is 5.97 Å². The molecule has 1 atom stereocenters. The van der Waals surface area contributed by atoms with Crippen molar-refractivity contribution in [1.82, 2.24) is 4.98 Å². The molecule has 0 unspecified atom stereocenters. The van der Waals surface area contributed by atoms with Crippen molar-refractivity contribution in [2.24, 2.45) is 0 Å². The second-order valence-electron chi connectivity index (χ2n) is 5.53. The van der Waals surface area contributed by atoms with Crippen molar-refractivity contribution >= 4 is 17.6 Å². The fourth-order valence-electron chi connectivity index (χ4n) is 2.99. The summed E-state index contributed by atoms with van der Waals surface area (Å²) in [4.78, 5) is 27.0. The van der Waals surface area contributed by atoms with E-state index in [0.29, 0.717) is 39.1 Å². The van der Waals surface area contributed by atoms with Gasteiger partial charge < -0.3 is 19.2 Å². The molecule has 2 aliphatic rings. The number of hydrogen-bond acceptors (Lipinski definition) is 5. The summed E-state index contributed by atoms with van der Waals surface area (Å²) >= 11 is 6.22. The van der Waals surface area contributed by atoms with E-state index >= 15 is 0 Å². The number of H-pyrrole nitrogens is 1. The minimum Gasteiger partial charge on any atom is -0.454 e. The molecular weight excluding hydrogens is 322 g/mol. The number of aryl methyl sites for hydroxylation is 1. The highest BCUT2D eigenvalue weighted by Crippen LogP contribution is 2.44. The first-order valence-corrected chi connectivity index (χ1v) is 7.44. The molecule has 0 bridgehead atoms. The van der Waals surface area contributed by atoms with Gasteiger partial charge in [-0.15, -0.1) is 0 Å². The van der Waals surface area contributed by atoms with Gasteiger partial charge in [-0.25, -0.2) is 0 Å². The molecule has 6 nitrogen and oxygen atoms in total. The molecule has 23 heavy (non-hydrogen) atoms. The molecule has 2 aromatic rings. The minimum absolute atomic E-state index is 0.0646. The lowest BCUT2D eigenvalue weighted by atomic mass is 9.87. The highest BCUT2D eigenvalue weighted by Gasteiger charge is 2.33. The van der Waals surface area contributed by atoms with Gasteiger partial charge in [0.1, 0.15) is 5.75 Å². The molecule has 7 heteroatoms. The molecule has 1 N–H and O–H groups in total. The summed E-state index contributed by atoms with van der Waals surface area (Å²) in [7, 11) is 0. The average Bonchev–Trinajstić information content (AvgIpc) is 2.94. The van der Waals surface area contributed by atoms with Crippen molar-refractivity contribution in [3.63, 3.8) is 0 Å². The summed E-state index contributed by atoms with van der Waals surface area (Å²) in [5, 5.41) is 0.388. The number of halogens is 1. The van der Waals surface area contributed by atoms with E-state index in [2.05, 4.69) is 4.98 Å². The number of carbonyl (C=O) groups is 1. The molecule has 0 saturated heterocycles. The first kappa shape index (κ1) is 14.1. The van der Waals surface area contributed by atoms with Gasteiger partial charge in [-0.05, 0) is 24.6 Å². The number of aromatic nitrogens is 1. The standard InChI is InChI=1S/C16H12ClNO5/c1-7-2-11-14(16(20)18-7)9(5-13(19)23-11)8-3-10(17)15-12(4-8)21-6-22-15/h2-4,9H,5-6H2,1H3,(H,18,20)/t9-/m1/s1. The number of carbonyl (C=O) groups excluding carboxylic acids is 1. The Morgan fingerprint density at radius 3 is 2.83 bits per heavy atom. The third-order valence-electron chi connectivity index (χ3n) is 3.96. The summed E-state index contributed by atoms with van der Waals surface area (Å²) in [5.41, 5.74) is 1.49. The predicted octanol–water partition coefficient (Wildman–Crippen LogP) is 2.51. The Balaban J connectivity index is 1.90. The van der Waals surface area contributed by atoms with Crippen LogP contribution in [0.1, 0.15) is 29.2 Å². The lowest BCUT2D eigenvalue weighted by Crippen LogP contribution is -2.28. The van der Waals surface area contributed by atoms with Crippen LogP contribution in [-0.2, 0) is 4.79 Å². The molecule has 2 aliphatic heterocycles. The van der Waals surface area contributed by atoms with Crippen molar-refractivity contribution in [2.45, 2.75) is 19.3 Å². The maximum absolute atomic E-state index is 12.4. The Kier molecular flexibility index (Phi) is 3.09. The summed E-state index contributed by atoms with van der Waals surface area (Å²) < 4.78 is 15.9. The van der Waals surface area contributed by atoms with Gasteiger partial charge in [-0.2, -0.15) is 0 Å². The van der Waals surface area contributed by atoms with Gasteiger partial charge in [-0.3, -0.25) is 9.59 Å². The van der Waals surface area contributed by atoms with E-state index < -0.39 is 5.92 Å². The van der Waals surface area contributed by atoms with E-state index in [4.69, 9.17) is 25.8 Å². The van der Waals surface area contributed by atoms with Crippen LogP contribution >= 0.6 is 11.6 Å². The Labute approximate surface area is 135 Å². The molecule has 1 aromatic carbocycles. The van der Waals surface area contributed by atoms with Gasteiger partial charge in [0.05, 0.1) is 17.0 Å². The quantitative estimate of drug-likeness (QED) is 0.811. The van der Waals surface area contributed by atoms with E-state index in [1.54, 1.807) is 25.1 Å². The minimum atomic E-state index is -0.442.